The quantitative estimate of drug-likeness (QED) is 0.883. The summed E-state index contributed by atoms with van der Waals surface area (Å²) in [4.78, 5) is 16.7. The Hall–Kier alpha value is -1.46. The number of aromatic nitrogens is 1. The molecule has 1 amide bonds. The molecule has 4 nitrogen and oxygen atoms in total. The van der Waals surface area contributed by atoms with Crippen molar-refractivity contribution in [2.75, 3.05) is 5.32 Å². The van der Waals surface area contributed by atoms with Crippen molar-refractivity contribution >= 4 is 32.6 Å². The molecule has 2 bridgehead atoms. The van der Waals surface area contributed by atoms with Gasteiger partial charge in [0.2, 0.25) is 5.91 Å². The molecule has 19 heavy (non-hydrogen) atoms. The van der Waals surface area contributed by atoms with Gasteiger partial charge in [-0.05, 0) is 31.4 Å². The van der Waals surface area contributed by atoms with Crippen molar-refractivity contribution in [2.45, 2.75) is 31.3 Å². The second kappa shape index (κ2) is 4.28. The molecule has 2 fully saturated rings. The first-order chi connectivity index (χ1) is 9.29. The number of hydrogen-bond acceptors (Lipinski definition) is 4. The third-order valence-electron chi connectivity index (χ3n) is 4.16. The topological polar surface area (TPSA) is 54.0 Å². The summed E-state index contributed by atoms with van der Waals surface area (Å²) < 4.78 is 1.11. The van der Waals surface area contributed by atoms with E-state index >= 15 is 0 Å². The van der Waals surface area contributed by atoms with Crippen LogP contribution in [0.2, 0.25) is 0 Å². The van der Waals surface area contributed by atoms with Crippen molar-refractivity contribution in [3.63, 3.8) is 0 Å². The summed E-state index contributed by atoms with van der Waals surface area (Å²) in [5.41, 5.74) is 0.953. The van der Waals surface area contributed by atoms with Crippen molar-refractivity contribution in [1.29, 1.82) is 0 Å². The van der Waals surface area contributed by atoms with Crippen molar-refractivity contribution in [3.8, 4) is 0 Å². The first-order valence-electron chi connectivity index (χ1n) is 6.72. The third kappa shape index (κ3) is 1.93. The van der Waals surface area contributed by atoms with E-state index in [-0.39, 0.29) is 11.8 Å². The van der Waals surface area contributed by atoms with Gasteiger partial charge in [0.1, 0.15) is 0 Å². The van der Waals surface area contributed by atoms with Crippen LogP contribution in [0.25, 0.3) is 10.2 Å². The summed E-state index contributed by atoms with van der Waals surface area (Å²) in [6, 6.07) is 8.89. The summed E-state index contributed by atoms with van der Waals surface area (Å²) in [5.74, 6) is 0.240. The minimum absolute atomic E-state index is 0.116. The Labute approximate surface area is 115 Å². The van der Waals surface area contributed by atoms with Crippen LogP contribution in [0.5, 0.6) is 0 Å². The Kier molecular flexibility index (Phi) is 2.56. The van der Waals surface area contributed by atoms with E-state index in [1.54, 1.807) is 11.3 Å². The number of para-hydroxylation sites is 1. The van der Waals surface area contributed by atoms with E-state index in [2.05, 4.69) is 15.6 Å². The van der Waals surface area contributed by atoms with E-state index in [0.717, 1.165) is 23.1 Å². The standard InChI is InChI=1S/C14H15N3OS/c18-13(9-7-8-5-6-10(9)15-8)17-14-16-11-3-1-2-4-12(11)19-14/h1-4,8-10,15H,5-7H2,(H,16,17,18). The van der Waals surface area contributed by atoms with Crippen LogP contribution in [0, 0.1) is 5.92 Å². The maximum Gasteiger partial charge on any atom is 0.230 e. The molecule has 98 valence electrons. The average molecular weight is 273 g/mol. The van der Waals surface area contributed by atoms with E-state index in [4.69, 9.17) is 0 Å². The van der Waals surface area contributed by atoms with Gasteiger partial charge in [-0.25, -0.2) is 4.98 Å². The number of thiazole rings is 1. The van der Waals surface area contributed by atoms with E-state index in [0.29, 0.717) is 17.2 Å². The highest BCUT2D eigenvalue weighted by Gasteiger charge is 2.42. The first-order valence-corrected chi connectivity index (χ1v) is 7.54. The Morgan fingerprint density at radius 1 is 1.37 bits per heavy atom. The van der Waals surface area contributed by atoms with Gasteiger partial charge in [0.15, 0.2) is 5.13 Å². The zero-order chi connectivity index (χ0) is 12.8. The molecule has 2 aliphatic rings. The van der Waals surface area contributed by atoms with Crippen LogP contribution in [0.3, 0.4) is 0 Å². The van der Waals surface area contributed by atoms with Gasteiger partial charge in [-0.15, -0.1) is 0 Å². The lowest BCUT2D eigenvalue weighted by Crippen LogP contribution is -2.32. The maximum absolute atomic E-state index is 12.3. The molecular formula is C14H15N3OS. The van der Waals surface area contributed by atoms with Crippen LogP contribution < -0.4 is 10.6 Å². The van der Waals surface area contributed by atoms with Crippen LogP contribution in [0.15, 0.2) is 24.3 Å². The van der Waals surface area contributed by atoms with Gasteiger partial charge in [0.05, 0.1) is 16.1 Å². The predicted octanol–water partition coefficient (Wildman–Crippen LogP) is 2.38. The zero-order valence-corrected chi connectivity index (χ0v) is 11.2. The van der Waals surface area contributed by atoms with Crippen LogP contribution in [-0.4, -0.2) is 23.0 Å². The molecule has 0 spiro atoms. The number of nitrogens with zero attached hydrogens (tertiary/aromatic N) is 1. The molecule has 2 saturated heterocycles. The fraction of sp³-hybridized carbons (Fsp3) is 0.429. The number of hydrogen-bond donors (Lipinski definition) is 2. The summed E-state index contributed by atoms with van der Waals surface area (Å²) >= 11 is 1.54. The molecule has 3 heterocycles. The molecule has 1 aromatic heterocycles. The van der Waals surface area contributed by atoms with Gasteiger partial charge in [0, 0.05) is 12.1 Å². The second-order valence-electron chi connectivity index (χ2n) is 5.37. The molecule has 3 unspecified atom stereocenters. The number of rotatable bonds is 2. The molecule has 2 aromatic rings. The van der Waals surface area contributed by atoms with Crippen molar-refractivity contribution in [3.05, 3.63) is 24.3 Å². The summed E-state index contributed by atoms with van der Waals surface area (Å²) in [5, 5.41) is 7.20. The second-order valence-corrected chi connectivity index (χ2v) is 6.40. The number of anilines is 1. The third-order valence-corrected chi connectivity index (χ3v) is 5.11. The van der Waals surface area contributed by atoms with E-state index in [1.807, 2.05) is 24.3 Å². The fourth-order valence-electron chi connectivity index (χ4n) is 3.24. The molecule has 0 aliphatic carbocycles. The lowest BCUT2D eigenvalue weighted by Gasteiger charge is -2.18. The average Bonchev–Trinajstić information content (AvgIpc) is 3.12. The largest absolute Gasteiger partial charge is 0.310 e. The SMILES string of the molecule is O=C(Nc1nc2ccccc2s1)C1CC2CCC1N2. The number of carbonyl (C=O) groups is 1. The molecule has 0 radical (unpaired) electrons. The monoisotopic (exact) mass is 273 g/mol. The number of nitrogens with one attached hydrogen (secondary N) is 2. The van der Waals surface area contributed by atoms with Crippen LogP contribution >= 0.6 is 11.3 Å². The maximum atomic E-state index is 12.3. The van der Waals surface area contributed by atoms with E-state index in [9.17, 15) is 4.79 Å². The molecular weight excluding hydrogens is 258 g/mol. The fourth-order valence-corrected chi connectivity index (χ4v) is 4.11. The molecule has 2 aliphatic heterocycles. The highest BCUT2D eigenvalue weighted by atomic mass is 32.1. The van der Waals surface area contributed by atoms with Gasteiger partial charge >= 0.3 is 0 Å². The first kappa shape index (κ1) is 11.4. The molecule has 4 rings (SSSR count). The molecule has 5 heteroatoms. The lowest BCUT2D eigenvalue weighted by molar-refractivity contribution is -0.120. The highest BCUT2D eigenvalue weighted by Crippen LogP contribution is 2.34. The van der Waals surface area contributed by atoms with Gasteiger partial charge in [-0.3, -0.25) is 4.79 Å². The summed E-state index contributed by atoms with van der Waals surface area (Å²) in [6.07, 6.45) is 3.32. The van der Waals surface area contributed by atoms with Crippen LogP contribution in [0.4, 0.5) is 5.13 Å². The molecule has 1 aromatic carbocycles. The number of carbonyl (C=O) groups excluding carboxylic acids is 1. The summed E-state index contributed by atoms with van der Waals surface area (Å²) in [7, 11) is 0. The summed E-state index contributed by atoms with van der Waals surface area (Å²) in [6.45, 7) is 0. The van der Waals surface area contributed by atoms with Gasteiger partial charge in [-0.1, -0.05) is 23.5 Å². The number of amides is 1. The van der Waals surface area contributed by atoms with E-state index < -0.39 is 0 Å². The molecule has 2 N–H and O–H groups in total. The van der Waals surface area contributed by atoms with Crippen LogP contribution in [0.1, 0.15) is 19.3 Å². The van der Waals surface area contributed by atoms with Gasteiger partial charge in [0.25, 0.3) is 0 Å². The van der Waals surface area contributed by atoms with Crippen molar-refractivity contribution < 1.29 is 4.79 Å². The minimum atomic E-state index is 0.116. The predicted molar refractivity (Wildman–Crippen MR) is 76.3 cm³/mol. The Balaban J connectivity index is 1.53. The van der Waals surface area contributed by atoms with Crippen molar-refractivity contribution in [2.24, 2.45) is 5.92 Å². The molecule has 3 atom stereocenters. The van der Waals surface area contributed by atoms with Crippen LogP contribution in [-0.2, 0) is 4.79 Å². The Morgan fingerprint density at radius 3 is 3.00 bits per heavy atom. The van der Waals surface area contributed by atoms with Gasteiger partial charge in [-0.2, -0.15) is 0 Å². The Bertz CT molecular complexity index is 605. The van der Waals surface area contributed by atoms with E-state index in [1.165, 1.54) is 6.42 Å². The molecule has 0 saturated carbocycles. The van der Waals surface area contributed by atoms with Gasteiger partial charge < -0.3 is 10.6 Å². The lowest BCUT2D eigenvalue weighted by atomic mass is 9.88. The minimum Gasteiger partial charge on any atom is -0.310 e. The number of benzene rings is 1. The number of fused-ring (bicyclic) bond motifs is 3. The smallest absolute Gasteiger partial charge is 0.230 e. The zero-order valence-electron chi connectivity index (χ0n) is 10.4. The van der Waals surface area contributed by atoms with Crippen molar-refractivity contribution in [1.82, 2.24) is 10.3 Å². The Morgan fingerprint density at radius 2 is 2.26 bits per heavy atom. The normalized spacial score (nSPS) is 28.9. The highest BCUT2D eigenvalue weighted by molar-refractivity contribution is 7.22.